The molecule has 0 aromatic carbocycles. The topological polar surface area (TPSA) is 32.3 Å². The molecule has 2 N–H and O–H groups in total. The Hall–Kier alpha value is -0.120. The summed E-state index contributed by atoms with van der Waals surface area (Å²) in [4.78, 5) is 0. The van der Waals surface area contributed by atoms with Crippen LogP contribution in [0.1, 0.15) is 6.42 Å². The predicted octanol–water partition coefficient (Wildman–Crippen LogP) is 0.617. The van der Waals surface area contributed by atoms with Crippen LogP contribution in [0.5, 0.6) is 0 Å². The van der Waals surface area contributed by atoms with Gasteiger partial charge in [-0.25, -0.2) is 4.39 Å². The molecule has 2 nitrogen and oxygen atoms in total. The zero-order valence-corrected chi connectivity index (χ0v) is 6.38. The van der Waals surface area contributed by atoms with E-state index in [-0.39, 0.29) is 31.4 Å². The molecule has 4 heteroatoms. The summed E-state index contributed by atoms with van der Waals surface area (Å²) >= 11 is 0. The molecule has 10 heavy (non-hydrogen) atoms. The molecule has 0 aromatic rings. The van der Waals surface area contributed by atoms with Crippen LogP contribution < -0.4 is 5.32 Å². The Bertz CT molecular complexity index is 138. The Morgan fingerprint density at radius 1 is 1.60 bits per heavy atom. The van der Waals surface area contributed by atoms with Gasteiger partial charge in [0.25, 0.3) is 0 Å². The van der Waals surface area contributed by atoms with E-state index in [0.29, 0.717) is 12.0 Å². The van der Waals surface area contributed by atoms with Crippen molar-refractivity contribution in [2.45, 2.75) is 6.42 Å². The molecule has 0 atom stereocenters. The Morgan fingerprint density at radius 3 is 2.70 bits per heavy atom. The van der Waals surface area contributed by atoms with Crippen molar-refractivity contribution in [2.75, 3.05) is 19.7 Å². The second-order valence-electron chi connectivity index (χ2n) is 2.09. The van der Waals surface area contributed by atoms with Crippen LogP contribution in [0.25, 0.3) is 0 Å². The fourth-order valence-electron chi connectivity index (χ4n) is 0.863. The fourth-order valence-corrected chi connectivity index (χ4v) is 0.863. The number of aliphatic hydroxyl groups is 1. The quantitative estimate of drug-likeness (QED) is 0.600. The van der Waals surface area contributed by atoms with Crippen LogP contribution in [-0.4, -0.2) is 24.8 Å². The number of nitrogens with one attached hydrogen (secondary N) is 1. The molecule has 0 fully saturated rings. The lowest BCUT2D eigenvalue weighted by Gasteiger charge is -2.13. The van der Waals surface area contributed by atoms with E-state index in [1.54, 1.807) is 0 Å². The number of halogens is 2. The van der Waals surface area contributed by atoms with Crippen LogP contribution in [0.3, 0.4) is 0 Å². The van der Waals surface area contributed by atoms with E-state index >= 15 is 0 Å². The minimum absolute atomic E-state index is 0. The maximum absolute atomic E-state index is 12.5. The number of hydrogen-bond acceptors (Lipinski definition) is 2. The van der Waals surface area contributed by atoms with Crippen LogP contribution >= 0.6 is 12.4 Å². The number of hydrogen-bond donors (Lipinski definition) is 2. The average Bonchev–Trinajstić information content (AvgIpc) is 1.89. The Labute approximate surface area is 65.5 Å². The highest BCUT2D eigenvalue weighted by atomic mass is 35.5. The van der Waals surface area contributed by atoms with Crippen molar-refractivity contribution < 1.29 is 9.50 Å². The van der Waals surface area contributed by atoms with Gasteiger partial charge in [0.05, 0.1) is 6.61 Å². The van der Waals surface area contributed by atoms with E-state index in [9.17, 15) is 4.39 Å². The minimum Gasteiger partial charge on any atom is -0.392 e. The standard InChI is InChI=1S/C6H10FNO.ClH/c7-6-3-8-2-1-5(6)4-9;/h8-9H,1-4H2;1H. The van der Waals surface area contributed by atoms with Gasteiger partial charge in [-0.05, 0) is 18.5 Å². The van der Waals surface area contributed by atoms with Gasteiger partial charge in [-0.2, -0.15) is 0 Å². The Kier molecular flexibility index (Phi) is 4.60. The third-order valence-corrected chi connectivity index (χ3v) is 1.46. The van der Waals surface area contributed by atoms with Crippen molar-refractivity contribution in [3.8, 4) is 0 Å². The molecule has 0 aliphatic carbocycles. The van der Waals surface area contributed by atoms with Crippen molar-refractivity contribution in [2.24, 2.45) is 0 Å². The van der Waals surface area contributed by atoms with E-state index in [2.05, 4.69) is 5.32 Å². The first kappa shape index (κ1) is 9.88. The van der Waals surface area contributed by atoms with Crippen LogP contribution in [0.4, 0.5) is 4.39 Å². The van der Waals surface area contributed by atoms with Crippen molar-refractivity contribution >= 4 is 12.4 Å². The van der Waals surface area contributed by atoms with E-state index in [1.165, 1.54) is 0 Å². The van der Waals surface area contributed by atoms with Crippen LogP contribution in [0, 0.1) is 0 Å². The maximum Gasteiger partial charge on any atom is 0.115 e. The highest BCUT2D eigenvalue weighted by Gasteiger charge is 2.09. The Balaban J connectivity index is 0.000000810. The summed E-state index contributed by atoms with van der Waals surface area (Å²) in [5, 5.41) is 11.4. The summed E-state index contributed by atoms with van der Waals surface area (Å²) in [6.07, 6.45) is 0.641. The van der Waals surface area contributed by atoms with E-state index in [4.69, 9.17) is 5.11 Å². The molecule has 60 valence electrons. The SMILES string of the molecule is Cl.OCC1=C(F)CNCC1. The fraction of sp³-hybridized carbons (Fsp3) is 0.667. The third kappa shape index (κ3) is 2.25. The molecule has 0 bridgehead atoms. The summed E-state index contributed by atoms with van der Waals surface area (Å²) in [5.74, 6) is -0.191. The highest BCUT2D eigenvalue weighted by Crippen LogP contribution is 2.11. The van der Waals surface area contributed by atoms with Gasteiger partial charge in [0.1, 0.15) is 5.83 Å². The van der Waals surface area contributed by atoms with Gasteiger partial charge in [0, 0.05) is 6.54 Å². The maximum atomic E-state index is 12.5. The molecule has 0 spiro atoms. The molecule has 1 heterocycles. The first-order valence-electron chi connectivity index (χ1n) is 3.02. The summed E-state index contributed by atoms with van der Waals surface area (Å²) in [6.45, 7) is 0.937. The molecule has 0 unspecified atom stereocenters. The summed E-state index contributed by atoms with van der Waals surface area (Å²) in [7, 11) is 0. The van der Waals surface area contributed by atoms with Gasteiger partial charge in [-0.1, -0.05) is 0 Å². The molecule has 1 rings (SSSR count). The highest BCUT2D eigenvalue weighted by molar-refractivity contribution is 5.85. The van der Waals surface area contributed by atoms with Crippen molar-refractivity contribution in [3.63, 3.8) is 0 Å². The van der Waals surface area contributed by atoms with Crippen LogP contribution in [0.15, 0.2) is 11.4 Å². The number of aliphatic hydroxyl groups excluding tert-OH is 1. The van der Waals surface area contributed by atoms with Crippen molar-refractivity contribution in [3.05, 3.63) is 11.4 Å². The Morgan fingerprint density at radius 2 is 2.30 bits per heavy atom. The molecule has 0 radical (unpaired) electrons. The summed E-state index contributed by atoms with van der Waals surface area (Å²) in [5.41, 5.74) is 0.550. The molecule has 0 saturated heterocycles. The second kappa shape index (κ2) is 4.66. The van der Waals surface area contributed by atoms with Gasteiger partial charge in [-0.15, -0.1) is 12.4 Å². The molecule has 1 aliphatic heterocycles. The van der Waals surface area contributed by atoms with Gasteiger partial charge in [0.2, 0.25) is 0 Å². The lowest BCUT2D eigenvalue weighted by molar-refractivity contribution is 0.315. The lowest BCUT2D eigenvalue weighted by atomic mass is 10.1. The smallest absolute Gasteiger partial charge is 0.115 e. The largest absolute Gasteiger partial charge is 0.392 e. The molecule has 0 aromatic heterocycles. The van der Waals surface area contributed by atoms with Crippen molar-refractivity contribution in [1.82, 2.24) is 5.32 Å². The summed E-state index contributed by atoms with van der Waals surface area (Å²) < 4.78 is 12.5. The van der Waals surface area contributed by atoms with E-state index in [0.717, 1.165) is 6.54 Å². The molecular formula is C6H11ClFNO. The predicted molar refractivity (Wildman–Crippen MR) is 40.0 cm³/mol. The molecular weight excluding hydrogens is 157 g/mol. The van der Waals surface area contributed by atoms with Gasteiger partial charge >= 0.3 is 0 Å². The normalized spacial score (nSPS) is 18.6. The van der Waals surface area contributed by atoms with Gasteiger partial charge < -0.3 is 10.4 Å². The molecule has 1 aliphatic rings. The second-order valence-corrected chi connectivity index (χ2v) is 2.09. The van der Waals surface area contributed by atoms with E-state index in [1.807, 2.05) is 0 Å². The van der Waals surface area contributed by atoms with Gasteiger partial charge in [0.15, 0.2) is 0 Å². The minimum atomic E-state index is -0.191. The monoisotopic (exact) mass is 167 g/mol. The molecule has 0 saturated carbocycles. The first-order valence-corrected chi connectivity index (χ1v) is 3.02. The zero-order chi connectivity index (χ0) is 6.69. The molecule has 0 amide bonds. The van der Waals surface area contributed by atoms with Crippen molar-refractivity contribution in [1.29, 1.82) is 0 Å². The lowest BCUT2D eigenvalue weighted by Crippen LogP contribution is -2.24. The third-order valence-electron chi connectivity index (χ3n) is 1.46. The van der Waals surface area contributed by atoms with E-state index < -0.39 is 0 Å². The van der Waals surface area contributed by atoms with Crippen LogP contribution in [0.2, 0.25) is 0 Å². The summed E-state index contributed by atoms with van der Waals surface area (Å²) in [6, 6.07) is 0. The van der Waals surface area contributed by atoms with Gasteiger partial charge in [-0.3, -0.25) is 0 Å². The zero-order valence-electron chi connectivity index (χ0n) is 5.56. The van der Waals surface area contributed by atoms with Crippen LogP contribution in [-0.2, 0) is 0 Å². The average molecular weight is 168 g/mol. The first-order chi connectivity index (χ1) is 4.34. The number of rotatable bonds is 1.